The molecule has 0 saturated carbocycles. The van der Waals surface area contributed by atoms with Crippen LogP contribution in [0.25, 0.3) is 140 Å². The first-order chi connectivity index (χ1) is 45.4. The average Bonchev–Trinajstić information content (AvgIpc) is 1.42. The Bertz CT molecular complexity index is 5580. The lowest BCUT2D eigenvalue weighted by Crippen LogP contribution is -2.13. The molecule has 4 heterocycles. The summed E-state index contributed by atoms with van der Waals surface area (Å²) in [6, 6.07) is 111. The third kappa shape index (κ3) is 8.93. The first kappa shape index (κ1) is 53.7. The van der Waals surface area contributed by atoms with E-state index < -0.39 is 0 Å². The number of benzene rings is 14. The summed E-state index contributed by atoms with van der Waals surface area (Å²) in [4.78, 5) is 4.92. The van der Waals surface area contributed by atoms with Gasteiger partial charge in [-0.2, -0.15) is 0 Å². The van der Waals surface area contributed by atoms with Gasteiger partial charge in [0.05, 0.1) is 11.4 Å². The highest BCUT2D eigenvalue weighted by atomic mass is 32.1. The molecule has 6 heteroatoms. The first-order valence-corrected chi connectivity index (χ1v) is 32.9. The van der Waals surface area contributed by atoms with Crippen LogP contribution in [-0.2, 0) is 0 Å². The van der Waals surface area contributed by atoms with Gasteiger partial charge in [0.1, 0.15) is 22.3 Å². The average molecular weight is 1210 g/mol. The molecule has 92 heavy (non-hydrogen) atoms. The molecule has 0 aliphatic carbocycles. The Morgan fingerprint density at radius 1 is 0.239 bits per heavy atom. The van der Waals surface area contributed by atoms with Crippen molar-refractivity contribution < 1.29 is 8.83 Å². The molecule has 0 aliphatic heterocycles. The van der Waals surface area contributed by atoms with E-state index in [1.807, 2.05) is 46.9 Å². The molecular weight excluding hydrogens is 1160 g/mol. The van der Waals surface area contributed by atoms with Crippen molar-refractivity contribution in [3.05, 3.63) is 314 Å². The van der Waals surface area contributed by atoms with Crippen molar-refractivity contribution >= 4 is 141 Å². The molecule has 0 radical (unpaired) electrons. The summed E-state index contributed by atoms with van der Waals surface area (Å²) in [5.41, 5.74) is 24.1. The lowest BCUT2D eigenvalue weighted by Gasteiger charge is -2.30. The van der Waals surface area contributed by atoms with Crippen LogP contribution in [-0.4, -0.2) is 0 Å². The molecule has 0 unspecified atom stereocenters. The van der Waals surface area contributed by atoms with Crippen molar-refractivity contribution in [3.8, 4) is 55.6 Å². The van der Waals surface area contributed by atoms with Crippen LogP contribution in [0.15, 0.2) is 312 Å². The van der Waals surface area contributed by atoms with Crippen molar-refractivity contribution in [1.82, 2.24) is 0 Å². The summed E-state index contributed by atoms with van der Waals surface area (Å²) in [6.07, 6.45) is 0. The van der Waals surface area contributed by atoms with E-state index in [1.54, 1.807) is 0 Å². The fourth-order valence-corrected chi connectivity index (χ4v) is 16.6. The Morgan fingerprint density at radius 3 is 1.02 bits per heavy atom. The number of aryl methyl sites for hydroxylation is 2. The molecule has 0 atom stereocenters. The standard InChI is InChI=1S/C86H56N2O2S2/c1-53-49-57(37-45-75(53)87(61-41-33-55(34-42-61)59-39-47-81-73(51-59)65-19-5-11-29-79(65)89-81)77-27-9-3-17-63(77)69-23-15-25-71-67-21-7-13-31-83(67)91-85(69)71)58-38-46-76(54(2)50-58)88(62-43-35-56(36-44-62)60-40-48-82-74(52-60)66-20-6-12-30-80(66)90-82)78-28-10-4-18-64(78)70-24-16-26-72-68-22-8-14-32-84(68)92-86(70)72/h3-52H,1-2H3. The highest BCUT2D eigenvalue weighted by Crippen LogP contribution is 2.50. The number of hydrogen-bond donors (Lipinski definition) is 0. The maximum absolute atomic E-state index is 6.24. The van der Waals surface area contributed by atoms with Gasteiger partial charge in [-0.05, 0) is 168 Å². The minimum absolute atomic E-state index is 0.894. The van der Waals surface area contributed by atoms with E-state index in [0.717, 1.165) is 123 Å². The Kier molecular flexibility index (Phi) is 12.7. The summed E-state index contributed by atoms with van der Waals surface area (Å²) < 4.78 is 17.6. The Morgan fingerprint density at radius 2 is 0.576 bits per heavy atom. The topological polar surface area (TPSA) is 32.8 Å². The van der Waals surface area contributed by atoms with E-state index in [0.29, 0.717) is 0 Å². The zero-order chi connectivity index (χ0) is 61.0. The van der Waals surface area contributed by atoms with Crippen molar-refractivity contribution in [2.45, 2.75) is 13.8 Å². The lowest BCUT2D eigenvalue weighted by atomic mass is 9.96. The van der Waals surface area contributed by atoms with Gasteiger partial charge in [-0.25, -0.2) is 0 Å². The van der Waals surface area contributed by atoms with Crippen LogP contribution >= 0.6 is 22.7 Å². The number of hydrogen-bond acceptors (Lipinski definition) is 6. The zero-order valence-electron chi connectivity index (χ0n) is 50.4. The SMILES string of the molecule is Cc1cc(-c2ccc(N(c3ccc(-c4ccc5oc6ccccc6c5c4)cc3)c3ccccc3-c3cccc4c3sc3ccccc34)c(C)c2)ccc1N(c1ccc(-c2ccc3oc4ccccc4c3c2)cc1)c1ccccc1-c1cccc2c1sc1ccccc12. The Hall–Kier alpha value is -11.3. The Labute approximate surface area is 540 Å². The second kappa shape index (κ2) is 21.7. The predicted octanol–water partition coefficient (Wildman–Crippen LogP) is 26.1. The highest BCUT2D eigenvalue weighted by Gasteiger charge is 2.25. The molecule has 14 aromatic carbocycles. The quantitative estimate of drug-likeness (QED) is 0.129. The first-order valence-electron chi connectivity index (χ1n) is 31.3. The predicted molar refractivity (Wildman–Crippen MR) is 393 cm³/mol. The van der Waals surface area contributed by atoms with E-state index in [1.165, 1.54) is 62.6 Å². The minimum atomic E-state index is 0.894. The maximum Gasteiger partial charge on any atom is 0.135 e. The van der Waals surface area contributed by atoms with Gasteiger partial charge >= 0.3 is 0 Å². The lowest BCUT2D eigenvalue weighted by molar-refractivity contribution is 0.668. The van der Waals surface area contributed by atoms with Crippen LogP contribution in [0, 0.1) is 13.8 Å². The summed E-state index contributed by atoms with van der Waals surface area (Å²) in [5.74, 6) is 0. The second-order valence-electron chi connectivity index (χ2n) is 24.0. The normalized spacial score (nSPS) is 11.8. The number of anilines is 6. The van der Waals surface area contributed by atoms with Gasteiger partial charge in [0.25, 0.3) is 0 Å². The molecule has 0 saturated heterocycles. The van der Waals surface area contributed by atoms with Crippen LogP contribution in [0.4, 0.5) is 34.1 Å². The molecule has 18 aromatic rings. The summed E-state index contributed by atoms with van der Waals surface area (Å²) in [7, 11) is 0. The number of furan rings is 2. The molecular formula is C86H56N2O2S2. The molecule has 434 valence electrons. The molecule has 0 amide bonds. The van der Waals surface area contributed by atoms with Gasteiger partial charge in [0, 0.05) is 107 Å². The van der Waals surface area contributed by atoms with E-state index in [2.05, 4.69) is 303 Å². The molecule has 0 spiro atoms. The van der Waals surface area contributed by atoms with E-state index in [4.69, 9.17) is 8.83 Å². The van der Waals surface area contributed by atoms with Crippen LogP contribution in [0.1, 0.15) is 11.1 Å². The van der Waals surface area contributed by atoms with E-state index in [-0.39, 0.29) is 0 Å². The molecule has 0 N–H and O–H groups in total. The van der Waals surface area contributed by atoms with Gasteiger partial charge < -0.3 is 18.6 Å². The van der Waals surface area contributed by atoms with Gasteiger partial charge in [-0.1, -0.05) is 194 Å². The van der Waals surface area contributed by atoms with Crippen molar-refractivity contribution in [2.75, 3.05) is 9.80 Å². The largest absolute Gasteiger partial charge is 0.456 e. The molecule has 0 bridgehead atoms. The third-order valence-corrected chi connectivity index (χ3v) is 21.0. The van der Waals surface area contributed by atoms with Gasteiger partial charge in [-0.3, -0.25) is 0 Å². The summed E-state index contributed by atoms with van der Waals surface area (Å²) in [5, 5.41) is 9.62. The number of para-hydroxylation sites is 4. The zero-order valence-corrected chi connectivity index (χ0v) is 52.0. The van der Waals surface area contributed by atoms with Crippen LogP contribution in [0.3, 0.4) is 0 Å². The number of fused-ring (bicyclic) bond motifs is 12. The Balaban J connectivity index is 0.747. The second-order valence-corrected chi connectivity index (χ2v) is 26.1. The fraction of sp³-hybridized carbons (Fsp3) is 0.0233. The van der Waals surface area contributed by atoms with Crippen LogP contribution < -0.4 is 9.80 Å². The van der Waals surface area contributed by atoms with E-state index in [9.17, 15) is 0 Å². The molecule has 4 aromatic heterocycles. The van der Waals surface area contributed by atoms with Crippen molar-refractivity contribution in [1.29, 1.82) is 0 Å². The molecule has 18 rings (SSSR count). The van der Waals surface area contributed by atoms with Gasteiger partial charge in [0.15, 0.2) is 0 Å². The maximum atomic E-state index is 6.24. The molecule has 4 nitrogen and oxygen atoms in total. The minimum Gasteiger partial charge on any atom is -0.456 e. The molecule has 0 aliphatic rings. The third-order valence-electron chi connectivity index (χ3n) is 18.6. The number of nitrogens with zero attached hydrogens (tertiary/aromatic N) is 2. The smallest absolute Gasteiger partial charge is 0.135 e. The molecule has 0 fully saturated rings. The number of rotatable bonds is 11. The van der Waals surface area contributed by atoms with E-state index >= 15 is 0 Å². The van der Waals surface area contributed by atoms with Crippen LogP contribution in [0.2, 0.25) is 0 Å². The fourth-order valence-electron chi connectivity index (χ4n) is 14.1. The van der Waals surface area contributed by atoms with Gasteiger partial charge in [0.2, 0.25) is 0 Å². The summed E-state index contributed by atoms with van der Waals surface area (Å²) >= 11 is 3.74. The summed E-state index contributed by atoms with van der Waals surface area (Å²) in [6.45, 7) is 4.52. The monoisotopic (exact) mass is 1210 g/mol. The van der Waals surface area contributed by atoms with Crippen molar-refractivity contribution in [3.63, 3.8) is 0 Å². The van der Waals surface area contributed by atoms with Crippen LogP contribution in [0.5, 0.6) is 0 Å². The number of thiophene rings is 2. The van der Waals surface area contributed by atoms with Crippen molar-refractivity contribution in [2.24, 2.45) is 0 Å². The van der Waals surface area contributed by atoms with Gasteiger partial charge in [-0.15, -0.1) is 22.7 Å². The highest BCUT2D eigenvalue weighted by molar-refractivity contribution is 7.26.